The Kier molecular flexibility index (Phi) is 4.72. The Hall–Kier alpha value is -3.19. The highest BCUT2D eigenvalue weighted by atomic mass is 19.4. The largest absolute Gasteiger partial charge is 0.435 e. The fourth-order valence-corrected chi connectivity index (χ4v) is 2.76. The summed E-state index contributed by atoms with van der Waals surface area (Å²) >= 11 is 0. The number of alkyl halides is 3. The average Bonchev–Trinajstić information content (AvgIpc) is 3.18. The third kappa shape index (κ3) is 3.54. The molecule has 2 aromatic heterocycles. The van der Waals surface area contributed by atoms with Crippen molar-refractivity contribution in [1.29, 1.82) is 5.26 Å². The molecule has 0 atom stereocenters. The van der Waals surface area contributed by atoms with Gasteiger partial charge in [-0.25, -0.2) is 9.37 Å². The predicted molar refractivity (Wildman–Crippen MR) is 89.9 cm³/mol. The molecule has 1 aromatic carbocycles. The van der Waals surface area contributed by atoms with Gasteiger partial charge in [-0.3, -0.25) is 4.68 Å². The van der Waals surface area contributed by atoms with Gasteiger partial charge in [-0.15, -0.1) is 0 Å². The molecule has 0 aliphatic carbocycles. The van der Waals surface area contributed by atoms with E-state index in [1.165, 1.54) is 36.2 Å². The molecule has 0 bridgehead atoms. The lowest BCUT2D eigenvalue weighted by molar-refractivity contribution is -0.141. The minimum Gasteiger partial charge on any atom is -0.327 e. The quantitative estimate of drug-likeness (QED) is 0.707. The van der Waals surface area contributed by atoms with E-state index in [0.29, 0.717) is 16.6 Å². The fraction of sp³-hybridized carbons (Fsp3) is 0.235. The van der Waals surface area contributed by atoms with Crippen molar-refractivity contribution in [3.8, 4) is 17.3 Å². The van der Waals surface area contributed by atoms with E-state index >= 15 is 0 Å². The molecule has 27 heavy (non-hydrogen) atoms. The van der Waals surface area contributed by atoms with E-state index in [1.807, 2.05) is 6.07 Å². The summed E-state index contributed by atoms with van der Waals surface area (Å²) in [5, 5.41) is 12.8. The van der Waals surface area contributed by atoms with Gasteiger partial charge in [0.05, 0.1) is 41.2 Å². The van der Waals surface area contributed by atoms with E-state index in [9.17, 15) is 22.8 Å². The summed E-state index contributed by atoms with van der Waals surface area (Å²) < 4.78 is 55.3. The van der Waals surface area contributed by atoms with Crippen molar-refractivity contribution in [2.75, 3.05) is 6.54 Å². The van der Waals surface area contributed by atoms with Gasteiger partial charge in [-0.2, -0.15) is 23.5 Å². The lowest BCUT2D eigenvalue weighted by Crippen LogP contribution is -2.06. The number of allylic oxidation sites excluding steroid dienone is 1. The van der Waals surface area contributed by atoms with Crippen molar-refractivity contribution >= 4 is 11.0 Å². The zero-order valence-electron chi connectivity index (χ0n) is 14.1. The number of aromatic nitrogens is 4. The molecule has 3 rings (SSSR count). The minimum atomic E-state index is -4.60. The van der Waals surface area contributed by atoms with Crippen LogP contribution in [0.2, 0.25) is 0 Å². The van der Waals surface area contributed by atoms with Crippen molar-refractivity contribution in [3.05, 3.63) is 47.7 Å². The van der Waals surface area contributed by atoms with Crippen LogP contribution in [0.1, 0.15) is 11.3 Å². The molecule has 3 aromatic rings. The number of rotatable bonds is 4. The molecule has 6 nitrogen and oxygen atoms in total. The van der Waals surface area contributed by atoms with Crippen molar-refractivity contribution in [2.45, 2.75) is 12.7 Å². The number of nitrogens with two attached hydrogens (primary N) is 1. The second-order valence-corrected chi connectivity index (χ2v) is 5.80. The van der Waals surface area contributed by atoms with Crippen LogP contribution in [0.15, 0.2) is 36.4 Å². The molecule has 10 heteroatoms. The van der Waals surface area contributed by atoms with Crippen LogP contribution in [0.25, 0.3) is 22.3 Å². The highest BCUT2D eigenvalue weighted by Gasteiger charge is 2.35. The van der Waals surface area contributed by atoms with Gasteiger partial charge >= 0.3 is 6.18 Å². The summed E-state index contributed by atoms with van der Waals surface area (Å²) in [7, 11) is 1.37. The number of nitrogens with zero attached hydrogens (tertiary/aromatic N) is 5. The summed E-state index contributed by atoms with van der Waals surface area (Å²) in [6.07, 6.45) is -2.03. The molecule has 0 unspecified atom stereocenters. The number of hydrogen-bond donors (Lipinski definition) is 1. The van der Waals surface area contributed by atoms with E-state index in [2.05, 4.69) is 10.1 Å². The van der Waals surface area contributed by atoms with E-state index in [0.717, 1.165) is 10.7 Å². The summed E-state index contributed by atoms with van der Waals surface area (Å²) in [5.41, 5.74) is 5.65. The predicted octanol–water partition coefficient (Wildman–Crippen LogP) is 3.14. The third-order valence-corrected chi connectivity index (χ3v) is 3.96. The van der Waals surface area contributed by atoms with Gasteiger partial charge in [-0.05, 0) is 24.3 Å². The first-order valence-corrected chi connectivity index (χ1v) is 7.79. The molecule has 0 fully saturated rings. The maximum atomic E-state index is 13.8. The normalized spacial score (nSPS) is 12.6. The molecule has 0 aliphatic rings. The molecule has 140 valence electrons. The highest BCUT2D eigenvalue weighted by Crippen LogP contribution is 2.34. The number of aryl methyl sites for hydroxylation is 1. The first-order chi connectivity index (χ1) is 12.7. The van der Waals surface area contributed by atoms with E-state index < -0.39 is 17.7 Å². The van der Waals surface area contributed by atoms with Crippen LogP contribution < -0.4 is 5.73 Å². The maximum absolute atomic E-state index is 13.8. The lowest BCUT2D eigenvalue weighted by atomic mass is 10.1. The number of nitriles is 1. The molecule has 2 heterocycles. The molecule has 2 N–H and O–H groups in total. The van der Waals surface area contributed by atoms with Crippen molar-refractivity contribution in [2.24, 2.45) is 12.8 Å². The first kappa shape index (κ1) is 18.6. The average molecular weight is 378 g/mol. The second-order valence-electron chi connectivity index (χ2n) is 5.80. The molecule has 0 spiro atoms. The second kappa shape index (κ2) is 6.85. The Morgan fingerprint density at radius 3 is 2.67 bits per heavy atom. The summed E-state index contributed by atoms with van der Waals surface area (Å²) in [4.78, 5) is 4.20. The molecule has 0 saturated carbocycles. The Balaban J connectivity index is 2.20. The van der Waals surface area contributed by atoms with Gasteiger partial charge in [0.25, 0.3) is 0 Å². The lowest BCUT2D eigenvalue weighted by Gasteiger charge is -2.07. The smallest absolute Gasteiger partial charge is 0.327 e. The van der Waals surface area contributed by atoms with Crippen LogP contribution in [0.3, 0.4) is 0 Å². The van der Waals surface area contributed by atoms with Crippen LogP contribution in [0.5, 0.6) is 0 Å². The first-order valence-electron chi connectivity index (χ1n) is 7.79. The van der Waals surface area contributed by atoms with Gasteiger partial charge < -0.3 is 10.3 Å². The molecular formula is C17H14F4N6. The van der Waals surface area contributed by atoms with Gasteiger partial charge in [0.15, 0.2) is 5.69 Å². The van der Waals surface area contributed by atoms with Crippen LogP contribution in [0.4, 0.5) is 17.6 Å². The maximum Gasteiger partial charge on any atom is 0.435 e. The molecular weight excluding hydrogens is 364 g/mol. The SMILES string of the molecule is Cn1nc(C(F)(F)F)cc1-c1cc(C#N)cc2c1ncn2CC(F)=CCN. The number of halogens is 4. The fourth-order valence-electron chi connectivity index (χ4n) is 2.76. The molecule has 0 saturated heterocycles. The Morgan fingerprint density at radius 1 is 1.33 bits per heavy atom. The zero-order valence-corrected chi connectivity index (χ0v) is 14.1. The molecule has 0 aliphatic heterocycles. The standard InChI is InChI=1S/C17H14F4N6/c1-26-13(6-15(25-26)17(19,20)21)12-4-10(7-23)5-14-16(12)24-9-27(14)8-11(18)2-3-22/h2,4-6,9H,3,8,22H2,1H3. The van der Waals surface area contributed by atoms with E-state index in [-0.39, 0.29) is 24.3 Å². The molecule has 0 amide bonds. The highest BCUT2D eigenvalue weighted by molar-refractivity contribution is 5.92. The summed E-state index contributed by atoms with van der Waals surface area (Å²) in [6.45, 7) is -0.121. The van der Waals surface area contributed by atoms with Crippen LogP contribution in [0, 0.1) is 11.3 Å². The van der Waals surface area contributed by atoms with Crippen molar-refractivity contribution in [1.82, 2.24) is 19.3 Å². The van der Waals surface area contributed by atoms with Gasteiger partial charge in [-0.1, -0.05) is 0 Å². The minimum absolute atomic E-state index is 0.0302. The topological polar surface area (TPSA) is 85.5 Å². The van der Waals surface area contributed by atoms with Gasteiger partial charge in [0.1, 0.15) is 5.83 Å². The summed E-state index contributed by atoms with van der Waals surface area (Å²) in [5.74, 6) is -0.486. The number of benzene rings is 1. The number of hydrogen-bond acceptors (Lipinski definition) is 4. The Labute approximate surface area is 151 Å². The summed E-state index contributed by atoms with van der Waals surface area (Å²) in [6, 6.07) is 5.79. The van der Waals surface area contributed by atoms with Crippen molar-refractivity contribution in [3.63, 3.8) is 0 Å². The van der Waals surface area contributed by atoms with Crippen LogP contribution in [-0.2, 0) is 19.8 Å². The van der Waals surface area contributed by atoms with Gasteiger partial charge in [0.2, 0.25) is 0 Å². The monoisotopic (exact) mass is 378 g/mol. The van der Waals surface area contributed by atoms with Gasteiger partial charge in [0, 0.05) is 19.2 Å². The molecule has 0 radical (unpaired) electrons. The number of imidazole rings is 1. The Morgan fingerprint density at radius 2 is 2.07 bits per heavy atom. The van der Waals surface area contributed by atoms with E-state index in [4.69, 9.17) is 5.73 Å². The third-order valence-electron chi connectivity index (χ3n) is 3.96. The van der Waals surface area contributed by atoms with Crippen LogP contribution in [-0.4, -0.2) is 25.9 Å². The van der Waals surface area contributed by atoms with E-state index in [1.54, 1.807) is 0 Å². The number of fused-ring (bicyclic) bond motifs is 1. The Bertz CT molecular complexity index is 1070. The van der Waals surface area contributed by atoms with Crippen molar-refractivity contribution < 1.29 is 17.6 Å². The van der Waals surface area contributed by atoms with Crippen LogP contribution >= 0.6 is 0 Å². The zero-order chi connectivity index (χ0) is 19.8.